The topological polar surface area (TPSA) is 66.6 Å². The Balaban J connectivity index is 2.32. The van der Waals surface area contributed by atoms with Crippen molar-refractivity contribution in [3.8, 4) is 0 Å². The van der Waals surface area contributed by atoms with E-state index in [1.165, 1.54) is 0 Å². The van der Waals surface area contributed by atoms with E-state index in [0.717, 1.165) is 17.0 Å². The molecule has 0 aliphatic rings. The summed E-state index contributed by atoms with van der Waals surface area (Å²) in [5.74, 6) is 0.322. The van der Waals surface area contributed by atoms with Crippen molar-refractivity contribution in [2.45, 2.75) is 20.4 Å². The summed E-state index contributed by atoms with van der Waals surface area (Å²) < 4.78 is 5.24. The van der Waals surface area contributed by atoms with Gasteiger partial charge in [-0.05, 0) is 32.0 Å². The fourth-order valence-corrected chi connectivity index (χ4v) is 1.91. The van der Waals surface area contributed by atoms with Gasteiger partial charge in [-0.1, -0.05) is 0 Å². The van der Waals surface area contributed by atoms with Crippen molar-refractivity contribution in [3.05, 3.63) is 47.0 Å². The standard InChI is InChI=1S/C14H16N2O3/c1-9-4-5-12(14(17)18)13(15-9)16(3)8-11-6-7-19-10(11)2/h4-7H,8H2,1-3H3,(H,17,18). The molecule has 0 amide bonds. The molecule has 0 spiro atoms. The molecule has 0 aliphatic heterocycles. The molecule has 0 aromatic carbocycles. The highest BCUT2D eigenvalue weighted by molar-refractivity contribution is 5.93. The van der Waals surface area contributed by atoms with E-state index in [9.17, 15) is 9.90 Å². The highest BCUT2D eigenvalue weighted by Gasteiger charge is 2.16. The molecule has 0 aliphatic carbocycles. The molecule has 0 saturated heterocycles. The van der Waals surface area contributed by atoms with Gasteiger partial charge in [-0.3, -0.25) is 0 Å². The Morgan fingerprint density at radius 3 is 2.68 bits per heavy atom. The van der Waals surface area contributed by atoms with Gasteiger partial charge in [-0.15, -0.1) is 0 Å². The van der Waals surface area contributed by atoms with Crippen LogP contribution >= 0.6 is 0 Å². The number of hydrogen-bond acceptors (Lipinski definition) is 4. The Hall–Kier alpha value is -2.30. The molecule has 100 valence electrons. The average Bonchev–Trinajstić information content (AvgIpc) is 2.74. The molecule has 0 radical (unpaired) electrons. The third-order valence-electron chi connectivity index (χ3n) is 2.98. The summed E-state index contributed by atoms with van der Waals surface area (Å²) in [7, 11) is 1.82. The average molecular weight is 260 g/mol. The second-order valence-corrected chi connectivity index (χ2v) is 4.49. The van der Waals surface area contributed by atoms with Crippen molar-refractivity contribution < 1.29 is 14.3 Å². The van der Waals surface area contributed by atoms with Crippen molar-refractivity contribution in [2.75, 3.05) is 11.9 Å². The van der Waals surface area contributed by atoms with Crippen molar-refractivity contribution in [2.24, 2.45) is 0 Å². The molecule has 2 aromatic rings. The van der Waals surface area contributed by atoms with Gasteiger partial charge in [0.15, 0.2) is 0 Å². The van der Waals surface area contributed by atoms with Gasteiger partial charge in [0.1, 0.15) is 17.1 Å². The van der Waals surface area contributed by atoms with Gasteiger partial charge in [-0.2, -0.15) is 0 Å². The molecule has 2 heterocycles. The minimum Gasteiger partial charge on any atom is -0.478 e. The van der Waals surface area contributed by atoms with Crippen LogP contribution in [0.1, 0.15) is 27.4 Å². The molecule has 19 heavy (non-hydrogen) atoms. The SMILES string of the molecule is Cc1ccc(C(=O)O)c(N(C)Cc2ccoc2C)n1. The Morgan fingerprint density at radius 1 is 1.37 bits per heavy atom. The minimum atomic E-state index is -0.974. The van der Waals surface area contributed by atoms with Gasteiger partial charge >= 0.3 is 5.97 Å². The normalized spacial score (nSPS) is 10.5. The van der Waals surface area contributed by atoms with E-state index < -0.39 is 5.97 Å². The first kappa shape index (κ1) is 13.1. The lowest BCUT2D eigenvalue weighted by molar-refractivity contribution is 0.0697. The number of pyridine rings is 1. The van der Waals surface area contributed by atoms with Gasteiger partial charge in [0.25, 0.3) is 0 Å². The Morgan fingerprint density at radius 2 is 2.11 bits per heavy atom. The van der Waals surface area contributed by atoms with Crippen LogP contribution in [-0.2, 0) is 6.54 Å². The van der Waals surface area contributed by atoms with Crippen LogP contribution < -0.4 is 4.90 Å². The molecule has 1 N–H and O–H groups in total. The largest absolute Gasteiger partial charge is 0.478 e. The van der Waals surface area contributed by atoms with Crippen LogP contribution in [0, 0.1) is 13.8 Å². The number of rotatable bonds is 4. The number of carbonyl (C=O) groups is 1. The van der Waals surface area contributed by atoms with Crippen LogP contribution in [0.4, 0.5) is 5.82 Å². The second kappa shape index (κ2) is 5.14. The van der Waals surface area contributed by atoms with Gasteiger partial charge in [0.2, 0.25) is 0 Å². The lowest BCUT2D eigenvalue weighted by Gasteiger charge is -2.20. The van der Waals surface area contributed by atoms with Crippen LogP contribution in [0.3, 0.4) is 0 Å². The van der Waals surface area contributed by atoms with Gasteiger partial charge in [-0.25, -0.2) is 9.78 Å². The lowest BCUT2D eigenvalue weighted by Crippen LogP contribution is -2.21. The quantitative estimate of drug-likeness (QED) is 0.915. The number of furan rings is 1. The monoisotopic (exact) mass is 260 g/mol. The number of hydrogen-bond donors (Lipinski definition) is 1. The van der Waals surface area contributed by atoms with Crippen LogP contribution in [0.5, 0.6) is 0 Å². The van der Waals surface area contributed by atoms with Crippen LogP contribution in [0.2, 0.25) is 0 Å². The second-order valence-electron chi connectivity index (χ2n) is 4.49. The van der Waals surface area contributed by atoms with Gasteiger partial charge < -0.3 is 14.4 Å². The number of aryl methyl sites for hydroxylation is 2. The van der Waals surface area contributed by atoms with Crippen LogP contribution in [0.15, 0.2) is 28.9 Å². The maximum Gasteiger partial charge on any atom is 0.339 e. The number of nitrogens with zero attached hydrogens (tertiary/aromatic N) is 2. The van der Waals surface area contributed by atoms with E-state index >= 15 is 0 Å². The first-order valence-electron chi connectivity index (χ1n) is 5.94. The lowest BCUT2D eigenvalue weighted by atomic mass is 10.2. The van der Waals surface area contributed by atoms with E-state index in [2.05, 4.69) is 4.98 Å². The number of anilines is 1. The number of aromatic nitrogens is 1. The van der Waals surface area contributed by atoms with Gasteiger partial charge in [0.05, 0.1) is 6.26 Å². The van der Waals surface area contributed by atoms with Crippen LogP contribution in [0.25, 0.3) is 0 Å². The zero-order valence-corrected chi connectivity index (χ0v) is 11.2. The predicted molar refractivity (Wildman–Crippen MR) is 71.5 cm³/mol. The molecule has 0 saturated carbocycles. The third kappa shape index (κ3) is 2.76. The summed E-state index contributed by atoms with van der Waals surface area (Å²) in [6.07, 6.45) is 1.63. The summed E-state index contributed by atoms with van der Waals surface area (Å²) in [4.78, 5) is 17.4. The molecule has 2 aromatic heterocycles. The maximum atomic E-state index is 11.2. The van der Waals surface area contributed by atoms with E-state index in [1.807, 2.05) is 31.9 Å². The molecule has 0 atom stereocenters. The summed E-state index contributed by atoms with van der Waals surface area (Å²) in [5.41, 5.74) is 2.01. The summed E-state index contributed by atoms with van der Waals surface area (Å²) in [6, 6.07) is 5.16. The van der Waals surface area contributed by atoms with Crippen molar-refractivity contribution in [1.82, 2.24) is 4.98 Å². The molecule has 0 bridgehead atoms. The molecule has 5 heteroatoms. The van der Waals surface area contributed by atoms with Crippen LogP contribution in [-0.4, -0.2) is 23.1 Å². The van der Waals surface area contributed by atoms with Gasteiger partial charge in [0, 0.05) is 24.8 Å². The Labute approximate surface area is 111 Å². The highest BCUT2D eigenvalue weighted by Crippen LogP contribution is 2.21. The van der Waals surface area contributed by atoms with Crippen molar-refractivity contribution in [3.63, 3.8) is 0 Å². The number of aromatic carboxylic acids is 1. The molecule has 5 nitrogen and oxygen atoms in total. The zero-order chi connectivity index (χ0) is 14.0. The highest BCUT2D eigenvalue weighted by atomic mass is 16.4. The number of carboxylic acid groups (broad SMARTS) is 1. The summed E-state index contributed by atoms with van der Waals surface area (Å²) in [5, 5.41) is 9.20. The minimum absolute atomic E-state index is 0.203. The fraction of sp³-hybridized carbons (Fsp3) is 0.286. The summed E-state index contributed by atoms with van der Waals surface area (Å²) in [6.45, 7) is 4.27. The third-order valence-corrected chi connectivity index (χ3v) is 2.98. The summed E-state index contributed by atoms with van der Waals surface area (Å²) >= 11 is 0. The Bertz CT molecular complexity index is 604. The maximum absolute atomic E-state index is 11.2. The first-order valence-corrected chi connectivity index (χ1v) is 5.94. The fourth-order valence-electron chi connectivity index (χ4n) is 1.91. The molecule has 0 fully saturated rings. The van der Waals surface area contributed by atoms with Crippen molar-refractivity contribution >= 4 is 11.8 Å². The number of carboxylic acids is 1. The molecule has 0 unspecified atom stereocenters. The van der Waals surface area contributed by atoms with E-state index in [0.29, 0.717) is 12.4 Å². The predicted octanol–water partition coefficient (Wildman–Crippen LogP) is 2.63. The van der Waals surface area contributed by atoms with Crippen molar-refractivity contribution in [1.29, 1.82) is 0 Å². The van der Waals surface area contributed by atoms with E-state index in [-0.39, 0.29) is 5.56 Å². The molecular weight excluding hydrogens is 244 g/mol. The van der Waals surface area contributed by atoms with E-state index in [1.54, 1.807) is 18.4 Å². The zero-order valence-electron chi connectivity index (χ0n) is 11.2. The van der Waals surface area contributed by atoms with E-state index in [4.69, 9.17) is 4.42 Å². The molecule has 2 rings (SSSR count). The first-order chi connectivity index (χ1) is 8.99. The Kier molecular flexibility index (Phi) is 3.55. The smallest absolute Gasteiger partial charge is 0.339 e. The molecular formula is C14H16N2O3.